The average molecular weight is 428 g/mol. The molecule has 0 aliphatic heterocycles. The van der Waals surface area contributed by atoms with Crippen molar-refractivity contribution < 1.29 is 5.11 Å². The van der Waals surface area contributed by atoms with Crippen molar-refractivity contribution in [2.75, 3.05) is 0 Å². The number of rotatable bonds is 5. The second kappa shape index (κ2) is 8.55. The quantitative estimate of drug-likeness (QED) is 0.358. The number of hydrogen-bond acceptors (Lipinski definition) is 1. The van der Waals surface area contributed by atoms with E-state index in [1.165, 1.54) is 0 Å². The van der Waals surface area contributed by atoms with Crippen LogP contribution in [0.3, 0.4) is 0 Å². The highest BCUT2D eigenvalue weighted by Gasteiger charge is 2.23. The van der Waals surface area contributed by atoms with Crippen molar-refractivity contribution >= 4 is 15.9 Å². The van der Waals surface area contributed by atoms with Crippen molar-refractivity contribution in [3.8, 4) is 0 Å². The van der Waals surface area contributed by atoms with Gasteiger partial charge in [0.15, 0.2) is 0 Å². The first-order chi connectivity index (χ1) is 13.7. The molecule has 0 aromatic heterocycles. The highest BCUT2D eigenvalue weighted by Crippen LogP contribution is 2.36. The van der Waals surface area contributed by atoms with Crippen LogP contribution in [0.2, 0.25) is 0 Å². The minimum atomic E-state index is -0.702. The van der Waals surface area contributed by atoms with E-state index in [0.717, 1.165) is 38.2 Å². The lowest BCUT2D eigenvalue weighted by molar-refractivity contribution is 0.219. The molecule has 137 valence electrons. The zero-order valence-corrected chi connectivity index (χ0v) is 16.9. The van der Waals surface area contributed by atoms with E-state index in [-0.39, 0.29) is 0 Å². The van der Waals surface area contributed by atoms with Gasteiger partial charge in [-0.25, -0.2) is 0 Å². The molecule has 0 amide bonds. The summed E-state index contributed by atoms with van der Waals surface area (Å²) in [6.07, 6.45) is -0.702. The predicted molar refractivity (Wildman–Crippen MR) is 118 cm³/mol. The van der Waals surface area contributed by atoms with Gasteiger partial charge >= 0.3 is 0 Å². The van der Waals surface area contributed by atoms with Crippen molar-refractivity contribution in [2.45, 2.75) is 6.10 Å². The van der Waals surface area contributed by atoms with Crippen LogP contribution in [0, 0.1) is 5.92 Å². The highest BCUT2D eigenvalue weighted by atomic mass is 79.9. The Morgan fingerprint density at radius 2 is 1.11 bits per heavy atom. The molecule has 0 saturated heterocycles. The molecule has 0 aliphatic rings. The van der Waals surface area contributed by atoms with Crippen molar-refractivity contribution in [1.29, 1.82) is 0 Å². The molecular weight excluding hydrogens is 408 g/mol. The van der Waals surface area contributed by atoms with Crippen LogP contribution in [-0.4, -0.2) is 5.11 Å². The molecule has 2 heteroatoms. The van der Waals surface area contributed by atoms with Gasteiger partial charge in [-0.05, 0) is 39.9 Å². The molecule has 1 unspecified atom stereocenters. The summed E-state index contributed by atoms with van der Waals surface area (Å²) in [5, 5.41) is 11.2. The summed E-state index contributed by atoms with van der Waals surface area (Å²) >= 11 is 3.46. The average Bonchev–Trinajstić information content (AvgIpc) is 2.76. The molecule has 0 aliphatic carbocycles. The Balaban J connectivity index is 1.85. The molecule has 0 spiro atoms. The van der Waals surface area contributed by atoms with Gasteiger partial charge < -0.3 is 5.11 Å². The van der Waals surface area contributed by atoms with E-state index in [1.807, 2.05) is 78.9 Å². The summed E-state index contributed by atoms with van der Waals surface area (Å²) < 4.78 is 0.998. The second-order valence-electron chi connectivity index (χ2n) is 6.65. The van der Waals surface area contributed by atoms with Crippen LogP contribution in [0.25, 0.3) is 0 Å². The van der Waals surface area contributed by atoms with Gasteiger partial charge in [0.25, 0.3) is 0 Å². The van der Waals surface area contributed by atoms with E-state index in [0.29, 0.717) is 0 Å². The summed E-state index contributed by atoms with van der Waals surface area (Å²) in [6.45, 7) is 0. The molecule has 1 N–H and O–H groups in total. The Labute approximate surface area is 174 Å². The van der Waals surface area contributed by atoms with Gasteiger partial charge in [-0.2, -0.15) is 0 Å². The van der Waals surface area contributed by atoms with Crippen molar-refractivity contribution in [2.24, 2.45) is 0 Å². The Morgan fingerprint density at radius 1 is 0.607 bits per heavy atom. The molecule has 4 aromatic rings. The van der Waals surface area contributed by atoms with Crippen molar-refractivity contribution in [1.82, 2.24) is 0 Å². The molecular formula is C26H20BrO. The maximum absolute atomic E-state index is 11.2. The molecule has 0 fully saturated rings. The number of benzene rings is 4. The predicted octanol–water partition coefficient (Wildman–Crippen LogP) is 6.55. The Kier molecular flexibility index (Phi) is 5.70. The van der Waals surface area contributed by atoms with Crippen LogP contribution >= 0.6 is 15.9 Å². The van der Waals surface area contributed by atoms with E-state index in [1.54, 1.807) is 0 Å². The topological polar surface area (TPSA) is 20.2 Å². The summed E-state index contributed by atoms with van der Waals surface area (Å²) in [5.74, 6) is 1.12. The lowest BCUT2D eigenvalue weighted by Crippen LogP contribution is -2.11. The smallest absolute Gasteiger partial charge is 0.104 e. The SMILES string of the molecule is OC(c1ccc(Br)cc1)c1ccccc1[C](c1ccccc1)c1ccccc1. The molecule has 0 bridgehead atoms. The molecule has 1 nitrogen and oxygen atoms in total. The van der Waals surface area contributed by atoms with Gasteiger partial charge in [-0.15, -0.1) is 0 Å². The summed E-state index contributed by atoms with van der Waals surface area (Å²) in [7, 11) is 0. The maximum Gasteiger partial charge on any atom is 0.104 e. The number of aliphatic hydroxyl groups is 1. The first-order valence-corrected chi connectivity index (χ1v) is 10.0. The zero-order chi connectivity index (χ0) is 19.3. The zero-order valence-electron chi connectivity index (χ0n) is 15.3. The number of aliphatic hydroxyl groups excluding tert-OH is 1. The molecule has 4 rings (SSSR count). The van der Waals surface area contributed by atoms with Crippen molar-refractivity contribution in [3.05, 3.63) is 147 Å². The van der Waals surface area contributed by atoms with Gasteiger partial charge in [0.05, 0.1) is 5.92 Å². The van der Waals surface area contributed by atoms with E-state index < -0.39 is 6.10 Å². The number of halogens is 1. The third-order valence-electron chi connectivity index (χ3n) is 4.84. The van der Waals surface area contributed by atoms with Crippen LogP contribution in [0.4, 0.5) is 0 Å². The third kappa shape index (κ3) is 3.94. The summed E-state index contributed by atoms with van der Waals surface area (Å²) in [5.41, 5.74) is 5.06. The molecule has 1 radical (unpaired) electrons. The molecule has 1 atom stereocenters. The van der Waals surface area contributed by atoms with Gasteiger partial charge in [0.1, 0.15) is 6.10 Å². The van der Waals surface area contributed by atoms with Gasteiger partial charge in [-0.3, -0.25) is 0 Å². The molecule has 28 heavy (non-hydrogen) atoms. The fraction of sp³-hybridized carbons (Fsp3) is 0.0385. The first kappa shape index (κ1) is 18.7. The Bertz CT molecular complexity index is 987. The highest BCUT2D eigenvalue weighted by molar-refractivity contribution is 9.10. The normalized spacial score (nSPS) is 12.1. The summed E-state index contributed by atoms with van der Waals surface area (Å²) in [6, 6.07) is 36.6. The molecule has 0 saturated carbocycles. The minimum Gasteiger partial charge on any atom is -0.384 e. The first-order valence-electron chi connectivity index (χ1n) is 9.24. The fourth-order valence-corrected chi connectivity index (χ4v) is 3.74. The summed E-state index contributed by atoms with van der Waals surface area (Å²) in [4.78, 5) is 0. The Morgan fingerprint density at radius 3 is 1.68 bits per heavy atom. The van der Waals surface area contributed by atoms with Gasteiger partial charge in [0.2, 0.25) is 0 Å². The third-order valence-corrected chi connectivity index (χ3v) is 5.36. The van der Waals surface area contributed by atoms with Crippen LogP contribution in [-0.2, 0) is 0 Å². The van der Waals surface area contributed by atoms with E-state index >= 15 is 0 Å². The van der Waals surface area contributed by atoms with Crippen LogP contribution in [0.5, 0.6) is 0 Å². The van der Waals surface area contributed by atoms with Gasteiger partial charge in [0, 0.05) is 4.47 Å². The maximum atomic E-state index is 11.2. The van der Waals surface area contributed by atoms with E-state index in [4.69, 9.17) is 0 Å². The standard InChI is InChI=1S/C26H20BrO/c27-22-17-15-21(16-18-22)26(28)24-14-8-7-13-23(24)25(19-9-3-1-4-10-19)20-11-5-2-6-12-20/h1-18,26,28H. The lowest BCUT2D eigenvalue weighted by Gasteiger charge is -2.23. The molecule has 0 heterocycles. The fourth-order valence-electron chi connectivity index (χ4n) is 3.48. The second-order valence-corrected chi connectivity index (χ2v) is 7.56. The van der Waals surface area contributed by atoms with Gasteiger partial charge in [-0.1, -0.05) is 113 Å². The van der Waals surface area contributed by atoms with Crippen LogP contribution in [0.1, 0.15) is 33.9 Å². The number of hydrogen-bond donors (Lipinski definition) is 1. The van der Waals surface area contributed by atoms with Crippen LogP contribution in [0.15, 0.2) is 114 Å². The largest absolute Gasteiger partial charge is 0.384 e. The monoisotopic (exact) mass is 427 g/mol. The van der Waals surface area contributed by atoms with E-state index in [9.17, 15) is 5.11 Å². The minimum absolute atomic E-state index is 0.702. The lowest BCUT2D eigenvalue weighted by atomic mass is 9.81. The molecule has 4 aromatic carbocycles. The Hall–Kier alpha value is -2.68. The van der Waals surface area contributed by atoms with Crippen LogP contribution < -0.4 is 0 Å². The van der Waals surface area contributed by atoms with E-state index in [2.05, 4.69) is 46.3 Å². The van der Waals surface area contributed by atoms with Crippen molar-refractivity contribution in [3.63, 3.8) is 0 Å².